The molecule has 3 aromatic carbocycles. The molecule has 0 fully saturated rings. The molecule has 6 nitrogen and oxygen atoms in total. The summed E-state index contributed by atoms with van der Waals surface area (Å²) in [5, 5.41) is 1.26. The van der Waals surface area contributed by atoms with Crippen molar-refractivity contribution in [1.82, 2.24) is 4.98 Å². The Morgan fingerprint density at radius 1 is 0.971 bits per heavy atom. The highest BCUT2D eigenvalue weighted by Crippen LogP contribution is 2.27. The van der Waals surface area contributed by atoms with E-state index in [1.807, 2.05) is 12.1 Å². The van der Waals surface area contributed by atoms with E-state index in [-0.39, 0.29) is 12.4 Å². The van der Waals surface area contributed by atoms with Gasteiger partial charge in [0.25, 0.3) is 0 Å². The third-order valence-corrected chi connectivity index (χ3v) is 5.47. The van der Waals surface area contributed by atoms with Crippen LogP contribution in [0.15, 0.2) is 88.1 Å². The fourth-order valence-corrected chi connectivity index (χ4v) is 3.79. The smallest absolute Gasteiger partial charge is 0.339 e. The van der Waals surface area contributed by atoms with Crippen molar-refractivity contribution in [3.63, 3.8) is 0 Å². The fraction of sp³-hybridized carbons (Fsp3) is 0.0741. The first-order valence-corrected chi connectivity index (χ1v) is 10.5. The third-order valence-electron chi connectivity index (χ3n) is 5.47. The second-order valence-electron chi connectivity index (χ2n) is 7.61. The van der Waals surface area contributed by atoms with Gasteiger partial charge >= 0.3 is 11.6 Å². The lowest BCUT2D eigenvalue weighted by molar-refractivity contribution is 0.0476. The molecule has 2 aromatic heterocycles. The van der Waals surface area contributed by atoms with Gasteiger partial charge in [-0.25, -0.2) is 19.0 Å². The number of fused-ring (bicyclic) bond motifs is 2. The number of aromatic nitrogens is 1. The largest absolute Gasteiger partial charge is 0.497 e. The number of methoxy groups -OCH3 is 1. The van der Waals surface area contributed by atoms with Crippen molar-refractivity contribution >= 4 is 27.8 Å². The van der Waals surface area contributed by atoms with Gasteiger partial charge in [-0.2, -0.15) is 0 Å². The maximum Gasteiger partial charge on any atom is 0.339 e. The summed E-state index contributed by atoms with van der Waals surface area (Å²) in [6.07, 6.45) is 0. The Kier molecular flexibility index (Phi) is 5.51. The number of rotatable bonds is 5. The minimum absolute atomic E-state index is 0.129. The Hall–Kier alpha value is -4.52. The predicted molar refractivity (Wildman–Crippen MR) is 125 cm³/mol. The average Bonchev–Trinajstić information content (AvgIpc) is 2.86. The zero-order chi connectivity index (χ0) is 23.7. The number of esters is 1. The van der Waals surface area contributed by atoms with Crippen LogP contribution < -0.4 is 10.4 Å². The van der Waals surface area contributed by atoms with Crippen LogP contribution in [-0.4, -0.2) is 18.1 Å². The normalized spacial score (nSPS) is 11.0. The van der Waals surface area contributed by atoms with Gasteiger partial charge in [0.15, 0.2) is 0 Å². The van der Waals surface area contributed by atoms with E-state index in [0.29, 0.717) is 50.0 Å². The third kappa shape index (κ3) is 4.11. The van der Waals surface area contributed by atoms with E-state index in [2.05, 4.69) is 4.98 Å². The first-order valence-electron chi connectivity index (χ1n) is 10.5. The van der Waals surface area contributed by atoms with Crippen LogP contribution in [0.5, 0.6) is 5.75 Å². The van der Waals surface area contributed by atoms with Crippen molar-refractivity contribution in [3.05, 3.63) is 106 Å². The van der Waals surface area contributed by atoms with E-state index >= 15 is 0 Å². The highest BCUT2D eigenvalue weighted by Gasteiger charge is 2.17. The molecule has 0 aliphatic rings. The van der Waals surface area contributed by atoms with Gasteiger partial charge in [0.2, 0.25) is 0 Å². The Morgan fingerprint density at radius 2 is 1.76 bits per heavy atom. The molecule has 0 aliphatic carbocycles. The molecule has 0 aliphatic heterocycles. The van der Waals surface area contributed by atoms with Crippen LogP contribution in [-0.2, 0) is 11.3 Å². The minimum atomic E-state index is -0.572. The van der Waals surface area contributed by atoms with E-state index in [0.717, 1.165) is 0 Å². The standard InChI is InChI=1S/C27H18FNO5/c1-32-19-10-11-20-17(12-26(30)34-25(20)13-19)15-33-27(31)22-14-24(16-6-8-18(28)9-7-16)29-23-5-3-2-4-21(22)23/h2-14H,15H2,1H3. The highest BCUT2D eigenvalue weighted by atomic mass is 19.1. The second-order valence-corrected chi connectivity index (χ2v) is 7.61. The van der Waals surface area contributed by atoms with E-state index in [1.165, 1.54) is 25.3 Å². The summed E-state index contributed by atoms with van der Waals surface area (Å²) in [5.74, 6) is -0.389. The molecule has 0 saturated carbocycles. The number of hydrogen-bond donors (Lipinski definition) is 0. The van der Waals surface area contributed by atoms with Gasteiger partial charge in [-0.05, 0) is 48.5 Å². The molecule has 0 atom stereocenters. The number of hydrogen-bond acceptors (Lipinski definition) is 6. The summed E-state index contributed by atoms with van der Waals surface area (Å²) in [6, 6.07) is 21.1. The van der Waals surface area contributed by atoms with Gasteiger partial charge in [0.1, 0.15) is 23.8 Å². The van der Waals surface area contributed by atoms with Gasteiger partial charge in [0, 0.05) is 34.0 Å². The zero-order valence-electron chi connectivity index (χ0n) is 18.1. The second kappa shape index (κ2) is 8.78. The molecule has 0 spiro atoms. The molecular formula is C27H18FNO5. The van der Waals surface area contributed by atoms with Crippen LogP contribution in [0.1, 0.15) is 15.9 Å². The summed E-state index contributed by atoms with van der Waals surface area (Å²) < 4.78 is 29.4. The lowest BCUT2D eigenvalue weighted by atomic mass is 10.0. The minimum Gasteiger partial charge on any atom is -0.497 e. The number of benzene rings is 3. The first kappa shape index (κ1) is 21.3. The molecule has 7 heteroatoms. The number of halogens is 1. The zero-order valence-corrected chi connectivity index (χ0v) is 18.1. The number of nitrogens with zero attached hydrogens (tertiary/aromatic N) is 1. The first-order chi connectivity index (χ1) is 16.5. The van der Waals surface area contributed by atoms with E-state index in [9.17, 15) is 14.0 Å². The Morgan fingerprint density at radius 3 is 2.56 bits per heavy atom. The number of para-hydroxylation sites is 1. The van der Waals surface area contributed by atoms with Crippen LogP contribution in [0, 0.1) is 5.82 Å². The quantitative estimate of drug-likeness (QED) is 0.257. The molecule has 0 saturated heterocycles. The van der Waals surface area contributed by atoms with E-state index in [4.69, 9.17) is 13.9 Å². The molecule has 0 amide bonds. The van der Waals surface area contributed by atoms with Crippen molar-refractivity contribution in [2.24, 2.45) is 0 Å². The van der Waals surface area contributed by atoms with Gasteiger partial charge in [-0.3, -0.25) is 0 Å². The number of pyridine rings is 1. The van der Waals surface area contributed by atoms with Crippen LogP contribution in [0.2, 0.25) is 0 Å². The molecule has 5 aromatic rings. The van der Waals surface area contributed by atoms with Gasteiger partial charge < -0.3 is 13.9 Å². The van der Waals surface area contributed by atoms with Crippen LogP contribution >= 0.6 is 0 Å². The Bertz CT molecular complexity index is 1590. The van der Waals surface area contributed by atoms with Crippen molar-refractivity contribution in [2.45, 2.75) is 6.61 Å². The lowest BCUT2D eigenvalue weighted by Gasteiger charge is -2.11. The Balaban J connectivity index is 1.51. The molecule has 2 heterocycles. The number of carbonyl (C=O) groups excluding carboxylic acids is 1. The summed E-state index contributed by atoms with van der Waals surface area (Å²) in [6.45, 7) is -0.129. The van der Waals surface area contributed by atoms with Crippen molar-refractivity contribution in [1.29, 1.82) is 0 Å². The van der Waals surface area contributed by atoms with Gasteiger partial charge in [-0.15, -0.1) is 0 Å². The van der Waals surface area contributed by atoms with Crippen LogP contribution in [0.3, 0.4) is 0 Å². The predicted octanol–water partition coefficient (Wildman–Crippen LogP) is 5.51. The molecule has 0 N–H and O–H groups in total. The fourth-order valence-electron chi connectivity index (χ4n) is 3.79. The number of carbonyl (C=O) groups is 1. The lowest BCUT2D eigenvalue weighted by Crippen LogP contribution is -2.09. The molecular weight excluding hydrogens is 437 g/mol. The van der Waals surface area contributed by atoms with Crippen molar-refractivity contribution in [3.8, 4) is 17.0 Å². The molecule has 0 radical (unpaired) electrons. The maximum atomic E-state index is 13.4. The summed E-state index contributed by atoms with van der Waals surface area (Å²) in [5.41, 5.74) is 2.41. The van der Waals surface area contributed by atoms with E-state index < -0.39 is 11.6 Å². The molecule has 0 unspecified atom stereocenters. The molecule has 34 heavy (non-hydrogen) atoms. The number of ether oxygens (including phenoxy) is 2. The highest BCUT2D eigenvalue weighted by molar-refractivity contribution is 6.04. The summed E-state index contributed by atoms with van der Waals surface area (Å²) in [7, 11) is 1.52. The van der Waals surface area contributed by atoms with Crippen LogP contribution in [0.4, 0.5) is 4.39 Å². The topological polar surface area (TPSA) is 78.6 Å². The average molecular weight is 455 g/mol. The molecule has 5 rings (SSSR count). The summed E-state index contributed by atoms with van der Waals surface area (Å²) >= 11 is 0. The van der Waals surface area contributed by atoms with Crippen LogP contribution in [0.25, 0.3) is 33.1 Å². The van der Waals surface area contributed by atoms with E-state index in [1.54, 1.807) is 48.5 Å². The maximum absolute atomic E-state index is 13.4. The molecule has 0 bridgehead atoms. The Labute approximate surface area is 193 Å². The van der Waals surface area contributed by atoms with Gasteiger partial charge in [0.05, 0.1) is 23.9 Å². The monoisotopic (exact) mass is 455 g/mol. The van der Waals surface area contributed by atoms with Gasteiger partial charge in [-0.1, -0.05) is 18.2 Å². The van der Waals surface area contributed by atoms with Crippen molar-refractivity contribution < 1.29 is 23.1 Å². The molecule has 168 valence electrons. The SMILES string of the molecule is COc1ccc2c(COC(=O)c3cc(-c4ccc(F)cc4)nc4ccccc34)cc(=O)oc2c1. The summed E-state index contributed by atoms with van der Waals surface area (Å²) in [4.78, 5) is 29.8. The van der Waals surface area contributed by atoms with Crippen molar-refractivity contribution in [2.75, 3.05) is 7.11 Å².